The fourth-order valence-electron chi connectivity index (χ4n) is 4.56. The highest BCUT2D eigenvalue weighted by Crippen LogP contribution is 2.45. The number of nitrogens with zero attached hydrogens (tertiary/aromatic N) is 3. The Bertz CT molecular complexity index is 932. The highest BCUT2D eigenvalue weighted by molar-refractivity contribution is 6.06. The standard InChI is InChI=1S/C25H29N3O3/c29-24-25(30-18-7-19-31-25)22-11-4-5-12-23(22)28(24)20-27-16-14-26(15-17-27)13-6-10-21-8-2-1-3-9-21/h1-6,8-12H,7,13-20H2. The van der Waals surface area contributed by atoms with Crippen LogP contribution in [0.5, 0.6) is 0 Å². The van der Waals surface area contributed by atoms with Gasteiger partial charge in [-0.25, -0.2) is 0 Å². The fourth-order valence-corrected chi connectivity index (χ4v) is 4.56. The molecule has 2 fully saturated rings. The summed E-state index contributed by atoms with van der Waals surface area (Å²) in [6, 6.07) is 18.3. The maximum atomic E-state index is 13.4. The molecular weight excluding hydrogens is 390 g/mol. The summed E-state index contributed by atoms with van der Waals surface area (Å²) in [5, 5.41) is 0. The Kier molecular flexibility index (Phi) is 5.87. The molecule has 2 saturated heterocycles. The van der Waals surface area contributed by atoms with Crippen LogP contribution in [0.1, 0.15) is 17.5 Å². The maximum Gasteiger partial charge on any atom is 0.293 e. The highest BCUT2D eigenvalue weighted by Gasteiger charge is 2.55. The number of benzene rings is 2. The van der Waals surface area contributed by atoms with Gasteiger partial charge in [0.2, 0.25) is 0 Å². The lowest BCUT2D eigenvalue weighted by atomic mass is 10.1. The molecule has 0 bridgehead atoms. The minimum atomic E-state index is -1.25. The summed E-state index contributed by atoms with van der Waals surface area (Å²) >= 11 is 0. The molecule has 0 N–H and O–H groups in total. The van der Waals surface area contributed by atoms with E-state index in [4.69, 9.17) is 9.47 Å². The first-order valence-electron chi connectivity index (χ1n) is 11.1. The van der Waals surface area contributed by atoms with Gasteiger partial charge in [0.05, 0.1) is 25.6 Å². The summed E-state index contributed by atoms with van der Waals surface area (Å²) in [7, 11) is 0. The Morgan fingerprint density at radius 1 is 0.871 bits per heavy atom. The van der Waals surface area contributed by atoms with E-state index >= 15 is 0 Å². The van der Waals surface area contributed by atoms with Crippen molar-refractivity contribution in [3.8, 4) is 0 Å². The van der Waals surface area contributed by atoms with Crippen LogP contribution in [0.2, 0.25) is 0 Å². The van der Waals surface area contributed by atoms with E-state index in [0.717, 1.165) is 50.4 Å². The Balaban J connectivity index is 1.20. The van der Waals surface area contributed by atoms with Crippen molar-refractivity contribution in [2.75, 3.05) is 57.5 Å². The molecule has 31 heavy (non-hydrogen) atoms. The molecule has 3 heterocycles. The number of hydrogen-bond donors (Lipinski definition) is 0. The summed E-state index contributed by atoms with van der Waals surface area (Å²) in [5.41, 5.74) is 2.97. The van der Waals surface area contributed by atoms with Crippen molar-refractivity contribution >= 4 is 17.7 Å². The predicted octanol–water partition coefficient (Wildman–Crippen LogP) is 2.91. The van der Waals surface area contributed by atoms with Crippen LogP contribution in [0, 0.1) is 0 Å². The van der Waals surface area contributed by atoms with E-state index in [2.05, 4.69) is 46.2 Å². The number of piperazine rings is 1. The lowest BCUT2D eigenvalue weighted by molar-refractivity contribution is -0.257. The van der Waals surface area contributed by atoms with Gasteiger partial charge >= 0.3 is 0 Å². The second kappa shape index (κ2) is 8.93. The molecule has 3 aliphatic heterocycles. The molecule has 0 unspecified atom stereocenters. The van der Waals surface area contributed by atoms with Crippen molar-refractivity contribution in [3.63, 3.8) is 0 Å². The van der Waals surface area contributed by atoms with Gasteiger partial charge < -0.3 is 9.47 Å². The smallest absolute Gasteiger partial charge is 0.293 e. The number of fused-ring (bicyclic) bond motifs is 2. The largest absolute Gasteiger partial charge is 0.338 e. The molecule has 162 valence electrons. The lowest BCUT2D eigenvalue weighted by Crippen LogP contribution is -2.53. The molecule has 0 aromatic heterocycles. The van der Waals surface area contributed by atoms with Crippen LogP contribution in [0.3, 0.4) is 0 Å². The number of carbonyl (C=O) groups is 1. The number of para-hydroxylation sites is 1. The van der Waals surface area contributed by atoms with Crippen molar-refractivity contribution in [3.05, 3.63) is 71.8 Å². The number of amides is 1. The first-order valence-corrected chi connectivity index (χ1v) is 11.1. The van der Waals surface area contributed by atoms with Crippen LogP contribution in [0.25, 0.3) is 6.08 Å². The summed E-state index contributed by atoms with van der Waals surface area (Å²) in [6.07, 6.45) is 5.22. The highest BCUT2D eigenvalue weighted by atomic mass is 16.7. The number of carbonyl (C=O) groups excluding carboxylic acids is 1. The number of ether oxygens (including phenoxy) is 2. The van der Waals surface area contributed by atoms with Gasteiger partial charge in [-0.1, -0.05) is 60.7 Å². The van der Waals surface area contributed by atoms with E-state index in [1.165, 1.54) is 5.56 Å². The van der Waals surface area contributed by atoms with Crippen molar-refractivity contribution in [1.29, 1.82) is 0 Å². The number of anilines is 1. The zero-order valence-electron chi connectivity index (χ0n) is 17.8. The van der Waals surface area contributed by atoms with E-state index in [1.807, 2.05) is 35.2 Å². The summed E-state index contributed by atoms with van der Waals surface area (Å²) in [6.45, 7) is 6.44. The van der Waals surface area contributed by atoms with Crippen LogP contribution >= 0.6 is 0 Å². The quantitative estimate of drug-likeness (QED) is 0.746. The van der Waals surface area contributed by atoms with Gasteiger partial charge in [0.1, 0.15) is 0 Å². The Hall–Kier alpha value is -2.51. The van der Waals surface area contributed by atoms with Crippen LogP contribution in [-0.2, 0) is 20.1 Å². The third-order valence-electron chi connectivity index (χ3n) is 6.26. The molecule has 6 nitrogen and oxygen atoms in total. The molecule has 6 heteroatoms. The van der Waals surface area contributed by atoms with Crippen LogP contribution in [-0.4, -0.2) is 68.3 Å². The first-order chi connectivity index (χ1) is 15.3. The van der Waals surface area contributed by atoms with Gasteiger partial charge in [-0.2, -0.15) is 0 Å². The van der Waals surface area contributed by atoms with Gasteiger partial charge in [0.15, 0.2) is 0 Å². The van der Waals surface area contributed by atoms with Crippen molar-refractivity contribution < 1.29 is 14.3 Å². The van der Waals surface area contributed by atoms with Crippen molar-refractivity contribution in [1.82, 2.24) is 9.80 Å². The van der Waals surface area contributed by atoms with Crippen LogP contribution in [0.15, 0.2) is 60.7 Å². The normalized spacial score (nSPS) is 21.8. The average Bonchev–Trinajstić information content (AvgIpc) is 3.04. The SMILES string of the molecule is O=C1N(CN2CCN(CC=Cc3ccccc3)CC2)c2ccccc2C12OCCCO2. The molecule has 5 rings (SSSR count). The predicted molar refractivity (Wildman–Crippen MR) is 120 cm³/mol. The Morgan fingerprint density at radius 2 is 1.55 bits per heavy atom. The van der Waals surface area contributed by atoms with Crippen LogP contribution in [0.4, 0.5) is 5.69 Å². The second-order valence-corrected chi connectivity index (χ2v) is 8.29. The van der Waals surface area contributed by atoms with E-state index in [0.29, 0.717) is 19.9 Å². The van der Waals surface area contributed by atoms with E-state index in [-0.39, 0.29) is 5.91 Å². The van der Waals surface area contributed by atoms with Crippen molar-refractivity contribution in [2.45, 2.75) is 12.2 Å². The Labute approximate surface area is 183 Å². The molecule has 3 aliphatic rings. The minimum absolute atomic E-state index is 0.0957. The molecular formula is C25H29N3O3. The zero-order chi connectivity index (χ0) is 21.1. The third kappa shape index (κ3) is 4.04. The zero-order valence-corrected chi connectivity index (χ0v) is 17.8. The van der Waals surface area contributed by atoms with Gasteiger partial charge in [0.25, 0.3) is 11.7 Å². The molecule has 0 radical (unpaired) electrons. The Morgan fingerprint density at radius 3 is 2.32 bits per heavy atom. The molecule has 1 spiro atoms. The summed E-state index contributed by atoms with van der Waals surface area (Å²) in [4.78, 5) is 20.0. The second-order valence-electron chi connectivity index (χ2n) is 8.29. The molecule has 0 aliphatic carbocycles. The van der Waals surface area contributed by atoms with E-state index < -0.39 is 5.79 Å². The molecule has 2 aromatic carbocycles. The topological polar surface area (TPSA) is 45.3 Å². The monoisotopic (exact) mass is 419 g/mol. The molecule has 0 atom stereocenters. The molecule has 0 saturated carbocycles. The van der Waals surface area contributed by atoms with Gasteiger partial charge in [-0.3, -0.25) is 19.5 Å². The molecule has 1 amide bonds. The lowest BCUT2D eigenvalue weighted by Gasteiger charge is -2.37. The first kappa shape index (κ1) is 20.4. The summed E-state index contributed by atoms with van der Waals surface area (Å²) in [5.74, 6) is -1.35. The van der Waals surface area contributed by atoms with E-state index in [1.54, 1.807) is 0 Å². The minimum Gasteiger partial charge on any atom is -0.338 e. The van der Waals surface area contributed by atoms with Gasteiger partial charge in [-0.15, -0.1) is 0 Å². The van der Waals surface area contributed by atoms with Gasteiger partial charge in [0, 0.05) is 38.3 Å². The third-order valence-corrected chi connectivity index (χ3v) is 6.26. The number of hydrogen-bond acceptors (Lipinski definition) is 5. The van der Waals surface area contributed by atoms with Crippen LogP contribution < -0.4 is 4.90 Å². The summed E-state index contributed by atoms with van der Waals surface area (Å²) < 4.78 is 11.9. The van der Waals surface area contributed by atoms with Gasteiger partial charge in [-0.05, 0) is 18.1 Å². The number of rotatable bonds is 5. The van der Waals surface area contributed by atoms with Crippen molar-refractivity contribution in [2.24, 2.45) is 0 Å². The fraction of sp³-hybridized carbons (Fsp3) is 0.400. The maximum absolute atomic E-state index is 13.4. The molecule has 2 aromatic rings. The average molecular weight is 420 g/mol. The van der Waals surface area contributed by atoms with E-state index in [9.17, 15) is 4.79 Å².